The molecule has 210 valence electrons. The molecule has 4 nitrogen and oxygen atoms in total. The summed E-state index contributed by atoms with van der Waals surface area (Å²) in [5.74, 6) is 1.41. The molecule has 6 atom stereocenters. The number of hydrogen-bond acceptors (Lipinski definition) is 4. The van der Waals surface area contributed by atoms with Crippen molar-refractivity contribution in [2.75, 3.05) is 7.11 Å². The first-order chi connectivity index (χ1) is 17.2. The topological polar surface area (TPSA) is 63.6 Å². The summed E-state index contributed by atoms with van der Waals surface area (Å²) in [6, 6.07) is 0. The summed E-state index contributed by atoms with van der Waals surface area (Å²) in [6.45, 7) is 19.2. The predicted octanol–water partition coefficient (Wildman–Crippen LogP) is 7.86. The Balaban J connectivity index is 2.39. The molecule has 1 saturated carbocycles. The van der Waals surface area contributed by atoms with Crippen LogP contribution in [-0.2, 0) is 14.3 Å². The zero-order valence-corrected chi connectivity index (χ0v) is 25.3. The van der Waals surface area contributed by atoms with E-state index in [4.69, 9.17) is 4.74 Å². The Labute approximate surface area is 227 Å². The van der Waals surface area contributed by atoms with E-state index in [1.807, 2.05) is 19.9 Å². The van der Waals surface area contributed by atoms with Gasteiger partial charge in [0, 0.05) is 37.0 Å². The van der Waals surface area contributed by atoms with Crippen molar-refractivity contribution in [1.29, 1.82) is 0 Å². The maximum Gasteiger partial charge on any atom is 0.158 e. The molecule has 2 rings (SSSR count). The van der Waals surface area contributed by atoms with Crippen molar-refractivity contribution in [3.8, 4) is 0 Å². The second-order valence-electron chi connectivity index (χ2n) is 13.2. The molecule has 0 aromatic rings. The van der Waals surface area contributed by atoms with E-state index >= 15 is 0 Å². The largest absolute Gasteiger partial charge is 0.501 e. The van der Waals surface area contributed by atoms with Crippen molar-refractivity contribution in [2.24, 2.45) is 39.9 Å². The van der Waals surface area contributed by atoms with Crippen LogP contribution in [0.3, 0.4) is 0 Å². The molecule has 4 heteroatoms. The van der Waals surface area contributed by atoms with Gasteiger partial charge in [-0.15, -0.1) is 0 Å². The number of allylic oxidation sites excluding steroid dienone is 6. The predicted molar refractivity (Wildman–Crippen MR) is 153 cm³/mol. The zero-order chi connectivity index (χ0) is 28.2. The van der Waals surface area contributed by atoms with Crippen molar-refractivity contribution >= 4 is 11.6 Å². The number of methoxy groups -OCH3 is 1. The molecular weight excluding hydrogens is 460 g/mol. The standard InChI is InChI=1S/C33H54O4/c1-11-24-18-26(37-10)20-31(6,7)27(24)14-13-17-32(8)21-29(36)30(33(32,9)19-25(34)12-2)23(5)28(35)16-15-22(3)4/h14-16,18,22-24,29-30,36H,11-13,17,19-21H2,1-10H3/b16-15+,27-14+/t23-,24+,29+,30?,32?,33?/m1/s1. The fraction of sp³-hybridized carbons (Fsp3) is 0.758. The van der Waals surface area contributed by atoms with Gasteiger partial charge in [0.05, 0.1) is 19.0 Å². The number of rotatable bonds is 12. The van der Waals surface area contributed by atoms with Crippen LogP contribution < -0.4 is 0 Å². The lowest BCUT2D eigenvalue weighted by Gasteiger charge is -2.46. The Bertz CT molecular complexity index is 907. The number of Topliss-reactive ketones (excluding diaryl/α,β-unsaturated/α-hetero) is 1. The molecule has 0 radical (unpaired) electrons. The molecule has 0 amide bonds. The van der Waals surface area contributed by atoms with Crippen molar-refractivity contribution in [2.45, 2.75) is 113 Å². The minimum absolute atomic E-state index is 0.0323. The average Bonchev–Trinajstić information content (AvgIpc) is 3.01. The van der Waals surface area contributed by atoms with E-state index < -0.39 is 11.5 Å². The monoisotopic (exact) mass is 514 g/mol. The zero-order valence-electron chi connectivity index (χ0n) is 25.3. The Kier molecular flexibility index (Phi) is 10.6. The lowest BCUT2D eigenvalue weighted by molar-refractivity contribution is -0.129. The Hall–Kier alpha value is -1.68. The van der Waals surface area contributed by atoms with Crippen LogP contribution in [-0.4, -0.2) is 29.9 Å². The minimum atomic E-state index is -0.597. The highest BCUT2D eigenvalue weighted by Gasteiger charge is 2.60. The van der Waals surface area contributed by atoms with Gasteiger partial charge >= 0.3 is 0 Å². The number of aliphatic hydroxyl groups excluding tert-OH is 1. The fourth-order valence-corrected chi connectivity index (χ4v) is 7.27. The molecule has 3 unspecified atom stereocenters. The van der Waals surface area contributed by atoms with Crippen LogP contribution in [0.15, 0.2) is 35.6 Å². The van der Waals surface area contributed by atoms with E-state index in [0.29, 0.717) is 31.1 Å². The second-order valence-corrected chi connectivity index (χ2v) is 13.2. The highest BCUT2D eigenvalue weighted by Crippen LogP contribution is 2.62. The summed E-state index contributed by atoms with van der Waals surface area (Å²) in [5.41, 5.74) is 0.797. The summed E-state index contributed by atoms with van der Waals surface area (Å²) in [7, 11) is 1.76. The van der Waals surface area contributed by atoms with Crippen LogP contribution >= 0.6 is 0 Å². The van der Waals surface area contributed by atoms with Crippen LogP contribution in [0.4, 0.5) is 0 Å². The van der Waals surface area contributed by atoms with Crippen molar-refractivity contribution < 1.29 is 19.4 Å². The van der Waals surface area contributed by atoms with Crippen molar-refractivity contribution in [3.63, 3.8) is 0 Å². The molecule has 0 heterocycles. The quantitative estimate of drug-likeness (QED) is 0.213. The molecular formula is C33H54O4. The highest BCUT2D eigenvalue weighted by atomic mass is 16.5. The first-order valence-electron chi connectivity index (χ1n) is 14.5. The lowest BCUT2D eigenvalue weighted by atomic mass is 9.57. The molecule has 0 bridgehead atoms. The van der Waals surface area contributed by atoms with Crippen LogP contribution in [0.25, 0.3) is 0 Å². The molecule has 0 aliphatic heterocycles. The van der Waals surface area contributed by atoms with Crippen molar-refractivity contribution in [3.05, 3.63) is 35.6 Å². The van der Waals surface area contributed by atoms with E-state index in [1.165, 1.54) is 5.57 Å². The second kappa shape index (κ2) is 12.5. The van der Waals surface area contributed by atoms with Gasteiger partial charge in [-0.2, -0.15) is 0 Å². The molecule has 0 aromatic carbocycles. The Morgan fingerprint density at radius 1 is 1.16 bits per heavy atom. The average molecular weight is 515 g/mol. The summed E-state index contributed by atoms with van der Waals surface area (Å²) in [5, 5.41) is 11.4. The smallest absolute Gasteiger partial charge is 0.158 e. The van der Waals surface area contributed by atoms with Gasteiger partial charge in [0.2, 0.25) is 0 Å². The van der Waals surface area contributed by atoms with Gasteiger partial charge in [-0.1, -0.05) is 80.0 Å². The fourth-order valence-electron chi connectivity index (χ4n) is 7.27. The molecule has 0 saturated heterocycles. The van der Waals surface area contributed by atoms with Crippen LogP contribution in [0, 0.1) is 39.9 Å². The van der Waals surface area contributed by atoms with Gasteiger partial charge in [-0.05, 0) is 60.0 Å². The Morgan fingerprint density at radius 2 is 1.81 bits per heavy atom. The normalized spacial score (nSPS) is 33.7. The molecule has 0 spiro atoms. The van der Waals surface area contributed by atoms with E-state index in [9.17, 15) is 14.7 Å². The summed E-state index contributed by atoms with van der Waals surface area (Å²) >= 11 is 0. The van der Waals surface area contributed by atoms with Gasteiger partial charge < -0.3 is 9.84 Å². The molecule has 2 aliphatic rings. The molecule has 0 aromatic heterocycles. The highest BCUT2D eigenvalue weighted by molar-refractivity contribution is 5.92. The van der Waals surface area contributed by atoms with Gasteiger partial charge in [0.1, 0.15) is 5.78 Å². The van der Waals surface area contributed by atoms with E-state index in [2.05, 4.69) is 60.6 Å². The SMILES string of the molecule is CCC(=O)CC1(C)C([C@H](C)C(=O)/C=C/C(C)C)[C@@H](O)CC1(C)CC/C=C1\[C@@H](CC)C=C(OC)CC1(C)C. The maximum atomic E-state index is 13.1. The summed E-state index contributed by atoms with van der Waals surface area (Å²) in [6.07, 6.45) is 12.9. The molecule has 1 N–H and O–H groups in total. The van der Waals surface area contributed by atoms with Gasteiger partial charge in [-0.3, -0.25) is 9.59 Å². The first-order valence-corrected chi connectivity index (χ1v) is 14.5. The van der Waals surface area contributed by atoms with E-state index in [-0.39, 0.29) is 34.2 Å². The summed E-state index contributed by atoms with van der Waals surface area (Å²) in [4.78, 5) is 26.0. The van der Waals surface area contributed by atoms with Crippen LogP contribution in [0.1, 0.15) is 107 Å². The van der Waals surface area contributed by atoms with Crippen LogP contribution in [0.2, 0.25) is 0 Å². The third kappa shape index (κ3) is 6.85. The first kappa shape index (κ1) is 31.5. The molecule has 1 fully saturated rings. The number of carbonyl (C=O) groups is 2. The number of hydrogen-bond donors (Lipinski definition) is 1. The number of aliphatic hydroxyl groups is 1. The lowest BCUT2D eigenvalue weighted by Crippen LogP contribution is -2.43. The van der Waals surface area contributed by atoms with Gasteiger partial charge in [0.15, 0.2) is 5.78 Å². The number of ketones is 2. The van der Waals surface area contributed by atoms with Gasteiger partial charge in [0.25, 0.3) is 0 Å². The van der Waals surface area contributed by atoms with Crippen molar-refractivity contribution in [1.82, 2.24) is 0 Å². The van der Waals surface area contributed by atoms with Gasteiger partial charge in [-0.25, -0.2) is 0 Å². The summed E-state index contributed by atoms with van der Waals surface area (Å²) < 4.78 is 5.62. The molecule has 2 aliphatic carbocycles. The maximum absolute atomic E-state index is 13.1. The number of ether oxygens (including phenoxy) is 1. The van der Waals surface area contributed by atoms with E-state index in [1.54, 1.807) is 13.2 Å². The number of carbonyl (C=O) groups excluding carboxylic acids is 2. The molecule has 37 heavy (non-hydrogen) atoms. The van der Waals surface area contributed by atoms with Crippen LogP contribution in [0.5, 0.6) is 0 Å². The third-order valence-corrected chi connectivity index (χ3v) is 9.73. The van der Waals surface area contributed by atoms with E-state index in [0.717, 1.165) is 31.4 Å². The third-order valence-electron chi connectivity index (χ3n) is 9.73. The minimum Gasteiger partial charge on any atom is -0.501 e. The Morgan fingerprint density at radius 3 is 2.35 bits per heavy atom.